The molecule has 0 unspecified atom stereocenters. The quantitative estimate of drug-likeness (QED) is 0.685. The number of amides is 1. The summed E-state index contributed by atoms with van der Waals surface area (Å²) in [5.74, 6) is 5.61. The third-order valence-corrected chi connectivity index (χ3v) is 3.13. The molecular formula is C16H12N4O. The Hall–Kier alpha value is -3.13. The fourth-order valence-corrected chi connectivity index (χ4v) is 1.96. The van der Waals surface area contributed by atoms with Gasteiger partial charge in [-0.05, 0) is 42.7 Å². The van der Waals surface area contributed by atoms with Gasteiger partial charge in [0.15, 0.2) is 5.65 Å². The molecule has 0 atom stereocenters. The molecule has 1 aromatic carbocycles. The highest BCUT2D eigenvalue weighted by Gasteiger charge is 2.03. The Kier molecular flexibility index (Phi) is 3.13. The van der Waals surface area contributed by atoms with Gasteiger partial charge in [-0.2, -0.15) is 5.10 Å². The van der Waals surface area contributed by atoms with E-state index in [1.54, 1.807) is 29.0 Å². The summed E-state index contributed by atoms with van der Waals surface area (Å²) < 4.78 is 1.67. The fourth-order valence-electron chi connectivity index (χ4n) is 1.96. The summed E-state index contributed by atoms with van der Waals surface area (Å²) in [4.78, 5) is 15.4. The summed E-state index contributed by atoms with van der Waals surface area (Å²) in [6.45, 7) is 1.93. The topological polar surface area (TPSA) is 73.3 Å². The van der Waals surface area contributed by atoms with Crippen molar-refractivity contribution in [2.75, 3.05) is 0 Å². The summed E-state index contributed by atoms with van der Waals surface area (Å²) in [7, 11) is 0. The Bertz CT molecular complexity index is 899. The molecule has 0 spiro atoms. The van der Waals surface area contributed by atoms with E-state index in [2.05, 4.69) is 21.9 Å². The van der Waals surface area contributed by atoms with Gasteiger partial charge in [-0.1, -0.05) is 12.0 Å². The fraction of sp³-hybridized carbons (Fsp3) is 0.0625. The highest BCUT2D eigenvalue weighted by Crippen LogP contribution is 2.10. The first-order valence-electron chi connectivity index (χ1n) is 6.36. The number of hydrogen-bond acceptors (Lipinski definition) is 3. The van der Waals surface area contributed by atoms with E-state index < -0.39 is 5.91 Å². The average molecular weight is 276 g/mol. The number of fused-ring (bicyclic) bond motifs is 1. The smallest absolute Gasteiger partial charge is 0.248 e. The predicted molar refractivity (Wildman–Crippen MR) is 78.7 cm³/mol. The van der Waals surface area contributed by atoms with Crippen LogP contribution in [0.3, 0.4) is 0 Å². The minimum atomic E-state index is -0.463. The average Bonchev–Trinajstić information content (AvgIpc) is 2.89. The van der Waals surface area contributed by atoms with Crippen LogP contribution in [0, 0.1) is 18.8 Å². The molecule has 3 aromatic rings. The lowest BCUT2D eigenvalue weighted by Crippen LogP contribution is -2.11. The first-order valence-corrected chi connectivity index (χ1v) is 6.36. The molecule has 0 aliphatic carbocycles. The standard InChI is InChI=1S/C16H12N4O/c1-11-4-5-13(16(17)21)9-12(11)6-7-14-10-18-15-3-2-8-19-20(14)15/h2-5,8-10H,1H3,(H2,17,21). The van der Waals surface area contributed by atoms with Gasteiger partial charge in [-0.3, -0.25) is 4.79 Å². The number of carbonyl (C=O) groups is 1. The largest absolute Gasteiger partial charge is 0.366 e. The van der Waals surface area contributed by atoms with Crippen LogP contribution >= 0.6 is 0 Å². The van der Waals surface area contributed by atoms with Crippen LogP contribution in [0.4, 0.5) is 0 Å². The predicted octanol–water partition coefficient (Wildman–Crippen LogP) is 1.54. The van der Waals surface area contributed by atoms with E-state index in [-0.39, 0.29) is 0 Å². The van der Waals surface area contributed by atoms with Gasteiger partial charge in [0.1, 0.15) is 5.69 Å². The van der Waals surface area contributed by atoms with Gasteiger partial charge in [0.2, 0.25) is 5.91 Å². The van der Waals surface area contributed by atoms with Gasteiger partial charge in [-0.25, -0.2) is 9.50 Å². The van der Waals surface area contributed by atoms with E-state index in [1.165, 1.54) is 0 Å². The van der Waals surface area contributed by atoms with Crippen molar-refractivity contribution >= 4 is 11.6 Å². The van der Waals surface area contributed by atoms with Crippen LogP contribution < -0.4 is 5.73 Å². The van der Waals surface area contributed by atoms with E-state index in [1.807, 2.05) is 25.1 Å². The molecule has 2 aromatic heterocycles. The molecule has 0 fully saturated rings. The molecule has 102 valence electrons. The van der Waals surface area contributed by atoms with Crippen molar-refractivity contribution in [2.24, 2.45) is 5.73 Å². The number of aryl methyl sites for hydroxylation is 1. The molecular weight excluding hydrogens is 264 g/mol. The zero-order valence-corrected chi connectivity index (χ0v) is 11.4. The number of aromatic nitrogens is 3. The lowest BCUT2D eigenvalue weighted by atomic mass is 10.0. The van der Waals surface area contributed by atoms with Gasteiger partial charge in [-0.15, -0.1) is 0 Å². The Morgan fingerprint density at radius 2 is 2.14 bits per heavy atom. The number of nitrogens with zero attached hydrogens (tertiary/aromatic N) is 3. The summed E-state index contributed by atoms with van der Waals surface area (Å²) in [6, 6.07) is 8.90. The van der Waals surface area contributed by atoms with Crippen LogP contribution in [0.5, 0.6) is 0 Å². The molecule has 0 saturated carbocycles. The van der Waals surface area contributed by atoms with Crippen molar-refractivity contribution in [1.82, 2.24) is 14.6 Å². The molecule has 0 radical (unpaired) electrons. The van der Waals surface area contributed by atoms with Crippen LogP contribution in [0.25, 0.3) is 5.65 Å². The van der Waals surface area contributed by atoms with Crippen molar-refractivity contribution in [3.05, 3.63) is 65.1 Å². The monoisotopic (exact) mass is 276 g/mol. The van der Waals surface area contributed by atoms with E-state index in [4.69, 9.17) is 5.73 Å². The van der Waals surface area contributed by atoms with Gasteiger partial charge < -0.3 is 5.73 Å². The number of hydrogen-bond donors (Lipinski definition) is 1. The zero-order valence-electron chi connectivity index (χ0n) is 11.4. The molecule has 5 heteroatoms. The highest BCUT2D eigenvalue weighted by atomic mass is 16.1. The molecule has 21 heavy (non-hydrogen) atoms. The van der Waals surface area contributed by atoms with Gasteiger partial charge in [0.05, 0.1) is 6.20 Å². The molecule has 0 aliphatic heterocycles. The highest BCUT2D eigenvalue weighted by molar-refractivity contribution is 5.93. The van der Waals surface area contributed by atoms with Crippen molar-refractivity contribution in [1.29, 1.82) is 0 Å². The van der Waals surface area contributed by atoms with Crippen molar-refractivity contribution in [3.63, 3.8) is 0 Å². The summed E-state index contributed by atoms with van der Waals surface area (Å²) in [6.07, 6.45) is 3.35. The van der Waals surface area contributed by atoms with Crippen LogP contribution in [-0.2, 0) is 0 Å². The van der Waals surface area contributed by atoms with Crippen molar-refractivity contribution in [3.8, 4) is 11.8 Å². The minimum Gasteiger partial charge on any atom is -0.366 e. The molecule has 2 N–H and O–H groups in total. The van der Waals surface area contributed by atoms with E-state index in [0.717, 1.165) is 16.8 Å². The molecule has 1 amide bonds. The molecule has 5 nitrogen and oxygen atoms in total. The van der Waals surface area contributed by atoms with Crippen molar-refractivity contribution < 1.29 is 4.79 Å². The lowest BCUT2D eigenvalue weighted by molar-refractivity contribution is 0.100. The maximum Gasteiger partial charge on any atom is 0.248 e. The summed E-state index contributed by atoms with van der Waals surface area (Å²) in [5, 5.41) is 4.20. The summed E-state index contributed by atoms with van der Waals surface area (Å²) in [5.41, 5.74) is 8.90. The Labute approximate surface area is 121 Å². The van der Waals surface area contributed by atoms with E-state index in [0.29, 0.717) is 11.3 Å². The second kappa shape index (κ2) is 5.10. The van der Waals surface area contributed by atoms with Crippen LogP contribution in [0.2, 0.25) is 0 Å². The maximum atomic E-state index is 11.2. The second-order valence-corrected chi connectivity index (χ2v) is 4.58. The second-order valence-electron chi connectivity index (χ2n) is 4.58. The minimum absolute atomic E-state index is 0.446. The van der Waals surface area contributed by atoms with Gasteiger partial charge >= 0.3 is 0 Å². The number of imidazole rings is 1. The molecule has 0 bridgehead atoms. The number of primary amides is 1. The van der Waals surface area contributed by atoms with Crippen LogP contribution in [0.15, 0.2) is 42.7 Å². The van der Waals surface area contributed by atoms with Crippen LogP contribution in [0.1, 0.15) is 27.2 Å². The third-order valence-electron chi connectivity index (χ3n) is 3.13. The Balaban J connectivity index is 2.05. The van der Waals surface area contributed by atoms with E-state index in [9.17, 15) is 4.79 Å². The normalized spacial score (nSPS) is 10.1. The van der Waals surface area contributed by atoms with Gasteiger partial charge in [0, 0.05) is 17.3 Å². The Morgan fingerprint density at radius 3 is 2.95 bits per heavy atom. The maximum absolute atomic E-state index is 11.2. The lowest BCUT2D eigenvalue weighted by Gasteiger charge is -2.00. The van der Waals surface area contributed by atoms with Crippen LogP contribution in [-0.4, -0.2) is 20.5 Å². The number of benzene rings is 1. The Morgan fingerprint density at radius 1 is 1.29 bits per heavy atom. The number of nitrogens with two attached hydrogens (primary N) is 1. The first-order chi connectivity index (χ1) is 10.1. The zero-order chi connectivity index (χ0) is 14.8. The number of rotatable bonds is 1. The SMILES string of the molecule is Cc1ccc(C(N)=O)cc1C#Cc1cnc2cccnn12. The third kappa shape index (κ3) is 2.47. The molecule has 3 rings (SSSR count). The van der Waals surface area contributed by atoms with E-state index >= 15 is 0 Å². The molecule has 0 aliphatic rings. The number of carbonyl (C=O) groups excluding carboxylic acids is 1. The summed E-state index contributed by atoms with van der Waals surface area (Å²) >= 11 is 0. The van der Waals surface area contributed by atoms with Crippen molar-refractivity contribution in [2.45, 2.75) is 6.92 Å². The first kappa shape index (κ1) is 12.9. The molecule has 2 heterocycles. The molecule has 0 saturated heterocycles. The van der Waals surface area contributed by atoms with Gasteiger partial charge in [0.25, 0.3) is 0 Å².